The van der Waals surface area contributed by atoms with Crippen LogP contribution in [-0.4, -0.2) is 25.2 Å². The van der Waals surface area contributed by atoms with Crippen LogP contribution in [0, 0.1) is 0 Å². The van der Waals surface area contributed by atoms with Crippen LogP contribution in [0.25, 0.3) is 11.5 Å². The highest BCUT2D eigenvalue weighted by molar-refractivity contribution is 7.91. The number of aromatic nitrogens is 2. The maximum Gasteiger partial charge on any atom is 0.250 e. The van der Waals surface area contributed by atoms with Crippen LogP contribution in [0.15, 0.2) is 50.4 Å². The second-order valence-electron chi connectivity index (χ2n) is 4.59. The Morgan fingerprint density at radius 2 is 1.96 bits per heavy atom. The predicted octanol–water partition coefficient (Wildman–Crippen LogP) is 2.97. The first-order valence-electron chi connectivity index (χ1n) is 6.66. The smallest absolute Gasteiger partial charge is 0.250 e. The third kappa shape index (κ3) is 3.97. The van der Waals surface area contributed by atoms with E-state index < -0.39 is 10.0 Å². The Bertz CT molecular complexity index is 874. The molecule has 0 aliphatic carbocycles. The largest absolute Gasteiger partial charge is 0.421 e. The number of hydrogen-bond donors (Lipinski definition) is 1. The van der Waals surface area contributed by atoms with Gasteiger partial charge in [0.25, 0.3) is 0 Å². The molecule has 0 radical (unpaired) electrons. The average Bonchev–Trinajstić information content (AvgIpc) is 3.19. The van der Waals surface area contributed by atoms with E-state index in [0.29, 0.717) is 23.2 Å². The summed E-state index contributed by atoms with van der Waals surface area (Å²) in [6.07, 6.45) is 0.311. The number of halogens is 1. The van der Waals surface area contributed by atoms with E-state index in [1.807, 2.05) is 0 Å². The summed E-state index contributed by atoms with van der Waals surface area (Å²) in [5.41, 5.74) is 0.757. The minimum absolute atomic E-state index is 0.183. The summed E-state index contributed by atoms with van der Waals surface area (Å²) < 4.78 is 32.2. The molecule has 23 heavy (non-hydrogen) atoms. The van der Waals surface area contributed by atoms with E-state index in [0.717, 1.165) is 5.56 Å². The Kier molecular flexibility index (Phi) is 4.76. The van der Waals surface area contributed by atoms with Gasteiger partial charge in [0.15, 0.2) is 0 Å². The first-order chi connectivity index (χ1) is 11.0. The van der Waals surface area contributed by atoms with Crippen molar-refractivity contribution in [1.82, 2.24) is 14.9 Å². The quantitative estimate of drug-likeness (QED) is 0.722. The highest BCUT2D eigenvalue weighted by Crippen LogP contribution is 2.20. The van der Waals surface area contributed by atoms with Crippen LogP contribution in [0.3, 0.4) is 0 Å². The minimum atomic E-state index is -3.47. The second kappa shape index (κ2) is 6.79. The van der Waals surface area contributed by atoms with Gasteiger partial charge in [-0.2, -0.15) is 0 Å². The van der Waals surface area contributed by atoms with E-state index in [1.165, 1.54) is 11.3 Å². The van der Waals surface area contributed by atoms with E-state index in [1.54, 1.807) is 41.8 Å². The molecule has 9 heteroatoms. The zero-order valence-corrected chi connectivity index (χ0v) is 14.2. The minimum Gasteiger partial charge on any atom is -0.421 e. The lowest BCUT2D eigenvalue weighted by Crippen LogP contribution is -2.25. The van der Waals surface area contributed by atoms with Crippen LogP contribution in [0.1, 0.15) is 5.89 Å². The molecule has 0 aliphatic rings. The summed E-state index contributed by atoms with van der Waals surface area (Å²) in [6.45, 7) is 0.183. The van der Waals surface area contributed by atoms with Gasteiger partial charge in [-0.1, -0.05) is 17.7 Å². The van der Waals surface area contributed by atoms with Gasteiger partial charge >= 0.3 is 0 Å². The fraction of sp³-hybridized carbons (Fsp3) is 0.143. The van der Waals surface area contributed by atoms with Crippen LogP contribution in [0.2, 0.25) is 5.02 Å². The molecule has 0 amide bonds. The molecule has 3 rings (SSSR count). The van der Waals surface area contributed by atoms with Crippen molar-refractivity contribution in [3.8, 4) is 11.5 Å². The van der Waals surface area contributed by atoms with Gasteiger partial charge < -0.3 is 4.42 Å². The molecule has 2 heterocycles. The van der Waals surface area contributed by atoms with Gasteiger partial charge in [0.2, 0.25) is 21.8 Å². The lowest BCUT2D eigenvalue weighted by atomic mass is 10.2. The molecule has 0 saturated carbocycles. The predicted molar refractivity (Wildman–Crippen MR) is 88.0 cm³/mol. The summed E-state index contributed by atoms with van der Waals surface area (Å²) in [4.78, 5) is 0. The Morgan fingerprint density at radius 3 is 2.65 bits per heavy atom. The van der Waals surface area contributed by atoms with Gasteiger partial charge in [0.1, 0.15) is 4.21 Å². The van der Waals surface area contributed by atoms with Crippen LogP contribution in [0.5, 0.6) is 0 Å². The van der Waals surface area contributed by atoms with Gasteiger partial charge in [-0.05, 0) is 35.7 Å². The number of thiophene rings is 1. The molecule has 0 spiro atoms. The van der Waals surface area contributed by atoms with Crippen molar-refractivity contribution in [1.29, 1.82) is 0 Å². The van der Waals surface area contributed by atoms with Gasteiger partial charge in [-0.3, -0.25) is 0 Å². The van der Waals surface area contributed by atoms with Gasteiger partial charge in [-0.25, -0.2) is 13.1 Å². The van der Waals surface area contributed by atoms with E-state index in [9.17, 15) is 8.42 Å². The Morgan fingerprint density at radius 1 is 1.17 bits per heavy atom. The van der Waals surface area contributed by atoms with E-state index >= 15 is 0 Å². The summed E-state index contributed by atoms with van der Waals surface area (Å²) in [5, 5.41) is 10.2. The molecule has 1 N–H and O–H groups in total. The number of benzene rings is 1. The topological polar surface area (TPSA) is 85.1 Å². The van der Waals surface area contributed by atoms with Crippen molar-refractivity contribution < 1.29 is 12.8 Å². The fourth-order valence-electron chi connectivity index (χ4n) is 1.84. The molecule has 1 aromatic carbocycles. The molecular weight excluding hydrogens is 358 g/mol. The third-order valence-electron chi connectivity index (χ3n) is 2.95. The van der Waals surface area contributed by atoms with E-state index in [4.69, 9.17) is 16.0 Å². The maximum atomic E-state index is 12.0. The zero-order chi connectivity index (χ0) is 16.3. The molecule has 0 atom stereocenters. The monoisotopic (exact) mass is 369 g/mol. The molecule has 0 bridgehead atoms. The molecule has 0 fully saturated rings. The number of nitrogens with zero attached hydrogens (tertiary/aromatic N) is 2. The van der Waals surface area contributed by atoms with Crippen LogP contribution in [-0.2, 0) is 16.4 Å². The first kappa shape index (κ1) is 16.1. The Balaban J connectivity index is 1.61. The number of rotatable bonds is 6. The van der Waals surface area contributed by atoms with Gasteiger partial charge in [0, 0.05) is 23.6 Å². The Labute approximate surface area is 142 Å². The second-order valence-corrected chi connectivity index (χ2v) is 7.97. The van der Waals surface area contributed by atoms with Crippen molar-refractivity contribution in [3.05, 3.63) is 52.7 Å². The number of nitrogens with one attached hydrogen (secondary N) is 1. The molecule has 6 nitrogen and oxygen atoms in total. The van der Waals surface area contributed by atoms with Gasteiger partial charge in [0.05, 0.1) is 0 Å². The van der Waals surface area contributed by atoms with Crippen molar-refractivity contribution in [2.45, 2.75) is 10.6 Å². The standard InChI is InChI=1S/C14H12ClN3O3S2/c15-11-5-3-10(4-6-11)14-18-17-12(21-14)7-8-16-23(19,20)13-2-1-9-22-13/h1-6,9,16H,7-8H2. The average molecular weight is 370 g/mol. The maximum absolute atomic E-state index is 12.0. The lowest BCUT2D eigenvalue weighted by molar-refractivity contribution is 0.502. The van der Waals surface area contributed by atoms with Crippen molar-refractivity contribution in [2.75, 3.05) is 6.54 Å². The third-order valence-corrected chi connectivity index (χ3v) is 6.06. The van der Waals surface area contributed by atoms with Crippen LogP contribution >= 0.6 is 22.9 Å². The van der Waals surface area contributed by atoms with Gasteiger partial charge in [-0.15, -0.1) is 21.5 Å². The molecule has 3 aromatic rings. The zero-order valence-electron chi connectivity index (χ0n) is 11.8. The first-order valence-corrected chi connectivity index (χ1v) is 9.40. The van der Waals surface area contributed by atoms with Crippen molar-refractivity contribution >= 4 is 33.0 Å². The van der Waals surface area contributed by atoms with Crippen molar-refractivity contribution in [2.24, 2.45) is 0 Å². The molecule has 0 saturated heterocycles. The molecule has 0 aliphatic heterocycles. The van der Waals surface area contributed by atoms with E-state index in [2.05, 4.69) is 14.9 Å². The number of sulfonamides is 1. The number of hydrogen-bond acceptors (Lipinski definition) is 6. The highest BCUT2D eigenvalue weighted by atomic mass is 35.5. The highest BCUT2D eigenvalue weighted by Gasteiger charge is 2.15. The van der Waals surface area contributed by atoms with Crippen molar-refractivity contribution in [3.63, 3.8) is 0 Å². The summed E-state index contributed by atoms with van der Waals surface area (Å²) >= 11 is 6.99. The lowest BCUT2D eigenvalue weighted by Gasteiger charge is -2.02. The molecule has 2 aromatic heterocycles. The molecule has 120 valence electrons. The Hall–Kier alpha value is -1.74. The summed E-state index contributed by atoms with van der Waals surface area (Å²) in [6, 6.07) is 10.3. The molecular formula is C14H12ClN3O3S2. The van der Waals surface area contributed by atoms with Crippen LogP contribution < -0.4 is 4.72 Å². The summed E-state index contributed by atoms with van der Waals surface area (Å²) in [5.74, 6) is 0.738. The normalized spacial score (nSPS) is 11.7. The summed E-state index contributed by atoms with van der Waals surface area (Å²) in [7, 11) is -3.47. The molecule has 0 unspecified atom stereocenters. The SMILES string of the molecule is O=S(=O)(NCCc1nnc(-c2ccc(Cl)cc2)o1)c1cccs1. The van der Waals surface area contributed by atoms with E-state index in [-0.39, 0.29) is 10.8 Å². The van der Waals surface area contributed by atoms with Crippen LogP contribution in [0.4, 0.5) is 0 Å². The fourth-order valence-corrected chi connectivity index (χ4v) is 4.04.